The summed E-state index contributed by atoms with van der Waals surface area (Å²) in [6.45, 7) is 4.37. The van der Waals surface area contributed by atoms with Crippen LogP contribution in [0.1, 0.15) is 46.0 Å². The summed E-state index contributed by atoms with van der Waals surface area (Å²) >= 11 is 0. The summed E-state index contributed by atoms with van der Waals surface area (Å²) in [7, 11) is 0. The molecule has 0 saturated carbocycles. The van der Waals surface area contributed by atoms with Gasteiger partial charge in [0.15, 0.2) is 6.61 Å². The summed E-state index contributed by atoms with van der Waals surface area (Å²) in [5, 5.41) is 2.95. The highest BCUT2D eigenvalue weighted by Gasteiger charge is 2.42. The third-order valence-electron chi connectivity index (χ3n) is 6.13. The van der Waals surface area contributed by atoms with Crippen LogP contribution in [0.2, 0.25) is 0 Å². The van der Waals surface area contributed by atoms with Crippen LogP contribution in [0.25, 0.3) is 0 Å². The predicted octanol–water partition coefficient (Wildman–Crippen LogP) is 2.17. The summed E-state index contributed by atoms with van der Waals surface area (Å²) in [6.07, 6.45) is 1.19. The minimum Gasteiger partial charge on any atom is -0.484 e. The van der Waals surface area contributed by atoms with Crippen molar-refractivity contribution in [2.45, 2.75) is 38.8 Å². The van der Waals surface area contributed by atoms with E-state index in [1.165, 1.54) is 0 Å². The number of fused-ring (bicyclic) bond motifs is 1. The van der Waals surface area contributed by atoms with Crippen molar-refractivity contribution in [1.29, 1.82) is 0 Å². The predicted molar refractivity (Wildman–Crippen MR) is 121 cm³/mol. The van der Waals surface area contributed by atoms with E-state index in [9.17, 15) is 19.2 Å². The van der Waals surface area contributed by atoms with Gasteiger partial charge in [-0.05, 0) is 51.0 Å². The lowest BCUT2D eigenvalue weighted by molar-refractivity contribution is -0.136. The number of carbonyl (C=O) groups is 4. The zero-order chi connectivity index (χ0) is 23.5. The molecular weight excluding hydrogens is 422 g/mol. The van der Waals surface area contributed by atoms with Crippen LogP contribution < -0.4 is 10.1 Å². The molecule has 1 unspecified atom stereocenters. The number of imide groups is 1. The van der Waals surface area contributed by atoms with Crippen molar-refractivity contribution in [3.63, 3.8) is 0 Å². The normalized spacial score (nSPS) is 17.0. The van der Waals surface area contributed by atoms with Crippen molar-refractivity contribution in [2.24, 2.45) is 0 Å². The number of hydrogen-bond acceptors (Lipinski definition) is 5. The average molecular weight is 450 g/mol. The first-order valence-electron chi connectivity index (χ1n) is 11.1. The van der Waals surface area contributed by atoms with Crippen molar-refractivity contribution in [1.82, 2.24) is 15.1 Å². The minimum absolute atomic E-state index is 0.0576. The van der Waals surface area contributed by atoms with Crippen LogP contribution in [-0.2, 0) is 9.59 Å². The molecule has 2 aromatic rings. The molecule has 0 spiro atoms. The molecule has 1 N–H and O–H groups in total. The van der Waals surface area contributed by atoms with Gasteiger partial charge in [0.25, 0.3) is 17.7 Å². The van der Waals surface area contributed by atoms with Gasteiger partial charge >= 0.3 is 0 Å². The third-order valence-corrected chi connectivity index (χ3v) is 6.13. The lowest BCUT2D eigenvalue weighted by Gasteiger charge is -2.35. The Morgan fingerprint density at radius 2 is 1.58 bits per heavy atom. The van der Waals surface area contributed by atoms with E-state index in [4.69, 9.17) is 4.74 Å². The van der Waals surface area contributed by atoms with Crippen molar-refractivity contribution in [3.05, 3.63) is 65.2 Å². The monoisotopic (exact) mass is 449 g/mol. The molecule has 33 heavy (non-hydrogen) atoms. The summed E-state index contributed by atoms with van der Waals surface area (Å²) < 4.78 is 5.51. The molecule has 4 rings (SSSR count). The highest BCUT2D eigenvalue weighted by molar-refractivity contribution is 6.22. The Morgan fingerprint density at radius 1 is 1.00 bits per heavy atom. The smallest absolute Gasteiger partial charge is 0.262 e. The molecule has 8 nitrogen and oxygen atoms in total. The Bertz CT molecular complexity index is 1040. The molecule has 2 aliphatic rings. The molecule has 2 heterocycles. The number of ether oxygens (including phenoxy) is 1. The first-order chi connectivity index (χ1) is 15.8. The van der Waals surface area contributed by atoms with Crippen molar-refractivity contribution in [3.8, 4) is 5.75 Å². The average Bonchev–Trinajstić information content (AvgIpc) is 3.08. The quantitative estimate of drug-likeness (QED) is 0.682. The Balaban J connectivity index is 1.26. The zero-order valence-electron chi connectivity index (χ0n) is 18.7. The van der Waals surface area contributed by atoms with Gasteiger partial charge in [0.05, 0.1) is 11.1 Å². The molecule has 4 amide bonds. The van der Waals surface area contributed by atoms with E-state index in [1.54, 1.807) is 36.1 Å². The molecule has 0 aromatic heterocycles. The second-order valence-corrected chi connectivity index (χ2v) is 8.47. The molecule has 2 aromatic carbocycles. The lowest BCUT2D eigenvalue weighted by Crippen LogP contribution is -2.53. The Labute approximate surface area is 192 Å². The number of piperidine rings is 1. The summed E-state index contributed by atoms with van der Waals surface area (Å²) in [5.74, 6) is -0.714. The van der Waals surface area contributed by atoms with Gasteiger partial charge in [-0.2, -0.15) is 0 Å². The van der Waals surface area contributed by atoms with Crippen LogP contribution in [0.15, 0.2) is 48.5 Å². The maximum atomic E-state index is 13.0. The first-order valence-corrected chi connectivity index (χ1v) is 11.1. The van der Waals surface area contributed by atoms with E-state index in [-0.39, 0.29) is 24.5 Å². The maximum Gasteiger partial charge on any atom is 0.262 e. The molecular formula is C25H27N3O5. The molecule has 172 valence electrons. The lowest BCUT2D eigenvalue weighted by atomic mass is 10.0. The zero-order valence-corrected chi connectivity index (χ0v) is 18.7. The Kier molecular flexibility index (Phi) is 6.44. The van der Waals surface area contributed by atoms with E-state index < -0.39 is 17.9 Å². The SMILES string of the molecule is Cc1ccc(OCC(=O)NC2CCN(C(=O)C(C)N3C(=O)c4ccccc4C3=O)CC2)cc1. The minimum atomic E-state index is -0.883. The molecule has 0 aliphatic carbocycles. The number of benzene rings is 2. The summed E-state index contributed by atoms with van der Waals surface area (Å²) in [5.41, 5.74) is 1.78. The van der Waals surface area contributed by atoms with Gasteiger partial charge in [-0.15, -0.1) is 0 Å². The van der Waals surface area contributed by atoms with Gasteiger partial charge in [-0.1, -0.05) is 29.8 Å². The fourth-order valence-electron chi connectivity index (χ4n) is 4.23. The largest absolute Gasteiger partial charge is 0.484 e. The maximum absolute atomic E-state index is 13.0. The van der Waals surface area contributed by atoms with Crippen LogP contribution in [0.3, 0.4) is 0 Å². The molecule has 1 atom stereocenters. The van der Waals surface area contributed by atoms with Crippen LogP contribution in [0.4, 0.5) is 0 Å². The second-order valence-electron chi connectivity index (χ2n) is 8.47. The number of aryl methyl sites for hydroxylation is 1. The van der Waals surface area contributed by atoms with Gasteiger partial charge in [-0.3, -0.25) is 24.1 Å². The molecule has 0 bridgehead atoms. The third kappa shape index (κ3) is 4.74. The van der Waals surface area contributed by atoms with Crippen LogP contribution >= 0.6 is 0 Å². The summed E-state index contributed by atoms with van der Waals surface area (Å²) in [6, 6.07) is 13.1. The molecule has 0 radical (unpaired) electrons. The van der Waals surface area contributed by atoms with Gasteiger partial charge < -0.3 is 15.0 Å². The van der Waals surface area contributed by atoms with E-state index in [2.05, 4.69) is 5.32 Å². The Hall–Kier alpha value is -3.68. The van der Waals surface area contributed by atoms with Crippen molar-refractivity contribution >= 4 is 23.6 Å². The number of carbonyl (C=O) groups excluding carboxylic acids is 4. The molecule has 1 fully saturated rings. The van der Waals surface area contributed by atoms with E-state index in [1.807, 2.05) is 31.2 Å². The topological polar surface area (TPSA) is 96.0 Å². The standard InChI is InChI=1S/C25H27N3O5/c1-16-7-9-19(10-8-16)33-15-22(29)26-18-11-13-27(14-12-18)23(30)17(2)28-24(31)20-5-3-4-6-21(20)25(28)32/h3-10,17-18H,11-15H2,1-2H3,(H,26,29). The number of rotatable bonds is 6. The highest BCUT2D eigenvalue weighted by atomic mass is 16.5. The number of likely N-dealkylation sites (tertiary alicyclic amines) is 1. The fraction of sp³-hybridized carbons (Fsp3) is 0.360. The number of hydrogen-bond donors (Lipinski definition) is 1. The van der Waals surface area contributed by atoms with Gasteiger partial charge in [0, 0.05) is 19.1 Å². The van der Waals surface area contributed by atoms with E-state index in [0.717, 1.165) is 10.5 Å². The second kappa shape index (κ2) is 9.44. The Morgan fingerprint density at radius 3 is 2.15 bits per heavy atom. The van der Waals surface area contributed by atoms with Crippen LogP contribution in [0.5, 0.6) is 5.75 Å². The van der Waals surface area contributed by atoms with Crippen molar-refractivity contribution < 1.29 is 23.9 Å². The van der Waals surface area contributed by atoms with E-state index >= 15 is 0 Å². The number of amides is 4. The molecule has 1 saturated heterocycles. The molecule has 2 aliphatic heterocycles. The van der Waals surface area contributed by atoms with E-state index in [0.29, 0.717) is 42.8 Å². The number of nitrogens with one attached hydrogen (secondary N) is 1. The fourth-order valence-corrected chi connectivity index (χ4v) is 4.23. The van der Waals surface area contributed by atoms with Gasteiger partial charge in [0.2, 0.25) is 5.91 Å². The summed E-state index contributed by atoms with van der Waals surface area (Å²) in [4.78, 5) is 53.3. The van der Waals surface area contributed by atoms with Crippen molar-refractivity contribution in [2.75, 3.05) is 19.7 Å². The van der Waals surface area contributed by atoms with Gasteiger partial charge in [-0.25, -0.2) is 0 Å². The highest BCUT2D eigenvalue weighted by Crippen LogP contribution is 2.25. The molecule has 8 heteroatoms. The van der Waals surface area contributed by atoms with Gasteiger partial charge in [0.1, 0.15) is 11.8 Å². The van der Waals surface area contributed by atoms with Crippen LogP contribution in [-0.4, -0.2) is 65.2 Å². The first kappa shape index (κ1) is 22.5. The van der Waals surface area contributed by atoms with Crippen LogP contribution in [0, 0.1) is 6.92 Å². The number of nitrogens with zero attached hydrogens (tertiary/aromatic N) is 2.